The third-order valence-electron chi connectivity index (χ3n) is 3.76. The summed E-state index contributed by atoms with van der Waals surface area (Å²) in [6.07, 6.45) is 1.99. The molecule has 0 saturated carbocycles. The maximum atomic E-state index is 12.1. The molecule has 1 heterocycles. The quantitative estimate of drug-likeness (QED) is 0.670. The summed E-state index contributed by atoms with van der Waals surface area (Å²) in [5.74, 6) is 1.41. The van der Waals surface area contributed by atoms with Gasteiger partial charge in [-0.15, -0.1) is 11.8 Å². The SMILES string of the molecule is CC1CN(C(=O)CCCSc2ccccc2)CCC1O. The average Bonchev–Trinajstić information content (AvgIpc) is 2.47. The summed E-state index contributed by atoms with van der Waals surface area (Å²) in [5, 5.41) is 9.68. The Morgan fingerprint density at radius 2 is 2.15 bits per heavy atom. The molecule has 1 aromatic carbocycles. The summed E-state index contributed by atoms with van der Waals surface area (Å²) < 4.78 is 0. The summed E-state index contributed by atoms with van der Waals surface area (Å²) in [7, 11) is 0. The minimum atomic E-state index is -0.243. The van der Waals surface area contributed by atoms with Gasteiger partial charge in [0.1, 0.15) is 0 Å². The van der Waals surface area contributed by atoms with Crippen molar-refractivity contribution in [3.63, 3.8) is 0 Å². The summed E-state index contributed by atoms with van der Waals surface area (Å²) in [6.45, 7) is 3.41. The average molecular weight is 293 g/mol. The Morgan fingerprint density at radius 3 is 2.85 bits per heavy atom. The van der Waals surface area contributed by atoms with Gasteiger partial charge in [-0.2, -0.15) is 0 Å². The highest BCUT2D eigenvalue weighted by Crippen LogP contribution is 2.20. The molecule has 4 heteroatoms. The number of likely N-dealkylation sites (tertiary alicyclic amines) is 1. The Balaban J connectivity index is 1.65. The third-order valence-corrected chi connectivity index (χ3v) is 4.86. The van der Waals surface area contributed by atoms with E-state index in [9.17, 15) is 9.90 Å². The lowest BCUT2D eigenvalue weighted by molar-refractivity contribution is -0.134. The monoisotopic (exact) mass is 293 g/mol. The second-order valence-corrected chi connectivity index (χ2v) is 6.61. The fraction of sp³-hybridized carbons (Fsp3) is 0.562. The first kappa shape index (κ1) is 15.4. The van der Waals surface area contributed by atoms with Crippen LogP contribution < -0.4 is 0 Å². The fourth-order valence-corrected chi connectivity index (χ4v) is 3.32. The van der Waals surface area contributed by atoms with Crippen LogP contribution in [0, 0.1) is 5.92 Å². The molecule has 0 aromatic heterocycles. The Bertz CT molecular complexity index is 424. The topological polar surface area (TPSA) is 40.5 Å². The highest BCUT2D eigenvalue weighted by molar-refractivity contribution is 7.99. The number of hydrogen-bond acceptors (Lipinski definition) is 3. The van der Waals surface area contributed by atoms with Gasteiger partial charge in [-0.1, -0.05) is 25.1 Å². The molecular formula is C16H23NO2S. The highest BCUT2D eigenvalue weighted by Gasteiger charge is 2.26. The minimum absolute atomic E-state index is 0.200. The molecule has 1 amide bonds. The number of aliphatic hydroxyl groups excluding tert-OH is 1. The van der Waals surface area contributed by atoms with E-state index in [2.05, 4.69) is 12.1 Å². The molecule has 0 aliphatic carbocycles. The van der Waals surface area contributed by atoms with E-state index in [1.807, 2.05) is 30.0 Å². The van der Waals surface area contributed by atoms with Crippen molar-refractivity contribution in [1.29, 1.82) is 0 Å². The molecule has 0 spiro atoms. The van der Waals surface area contributed by atoms with Crippen LogP contribution in [0.25, 0.3) is 0 Å². The van der Waals surface area contributed by atoms with Crippen molar-refractivity contribution in [2.45, 2.75) is 37.2 Å². The number of nitrogens with zero attached hydrogens (tertiary/aromatic N) is 1. The number of benzene rings is 1. The molecule has 3 nitrogen and oxygen atoms in total. The maximum Gasteiger partial charge on any atom is 0.222 e. The molecule has 1 aliphatic rings. The number of thioether (sulfide) groups is 1. The van der Waals surface area contributed by atoms with Crippen LogP contribution in [0.4, 0.5) is 0 Å². The zero-order valence-electron chi connectivity index (χ0n) is 12.0. The van der Waals surface area contributed by atoms with Crippen LogP contribution in [0.15, 0.2) is 35.2 Å². The molecule has 2 atom stereocenters. The van der Waals surface area contributed by atoms with Crippen LogP contribution in [0.3, 0.4) is 0 Å². The highest BCUT2D eigenvalue weighted by atomic mass is 32.2. The molecule has 1 saturated heterocycles. The predicted octanol–water partition coefficient (Wildman–Crippen LogP) is 2.79. The molecule has 0 radical (unpaired) electrons. The van der Waals surface area contributed by atoms with E-state index < -0.39 is 0 Å². The van der Waals surface area contributed by atoms with Crippen molar-refractivity contribution in [1.82, 2.24) is 4.90 Å². The minimum Gasteiger partial charge on any atom is -0.393 e. The van der Waals surface area contributed by atoms with Crippen LogP contribution in [0.1, 0.15) is 26.2 Å². The second kappa shape index (κ2) is 7.70. The summed E-state index contributed by atoms with van der Waals surface area (Å²) in [6, 6.07) is 10.3. The maximum absolute atomic E-state index is 12.1. The number of carbonyl (C=O) groups excluding carboxylic acids is 1. The summed E-state index contributed by atoms with van der Waals surface area (Å²) in [4.78, 5) is 15.3. The first-order chi connectivity index (χ1) is 9.66. The van der Waals surface area contributed by atoms with Crippen LogP contribution in [-0.2, 0) is 4.79 Å². The first-order valence-corrected chi connectivity index (χ1v) is 8.29. The molecule has 20 heavy (non-hydrogen) atoms. The zero-order valence-corrected chi connectivity index (χ0v) is 12.8. The van der Waals surface area contributed by atoms with Gasteiger partial charge in [0.15, 0.2) is 0 Å². The van der Waals surface area contributed by atoms with Crippen molar-refractivity contribution in [2.24, 2.45) is 5.92 Å². The number of aliphatic hydroxyl groups is 1. The lowest BCUT2D eigenvalue weighted by Gasteiger charge is -2.34. The molecular weight excluding hydrogens is 270 g/mol. The van der Waals surface area contributed by atoms with E-state index in [1.54, 1.807) is 11.8 Å². The lowest BCUT2D eigenvalue weighted by atomic mass is 9.96. The van der Waals surface area contributed by atoms with Crippen LogP contribution in [-0.4, -0.2) is 40.9 Å². The predicted molar refractivity (Wildman–Crippen MR) is 82.8 cm³/mol. The molecule has 1 fully saturated rings. The smallest absolute Gasteiger partial charge is 0.222 e. The number of amides is 1. The fourth-order valence-electron chi connectivity index (χ4n) is 2.45. The summed E-state index contributed by atoms with van der Waals surface area (Å²) >= 11 is 1.80. The van der Waals surface area contributed by atoms with Crippen molar-refractivity contribution in [3.05, 3.63) is 30.3 Å². The van der Waals surface area contributed by atoms with Crippen LogP contribution in [0.5, 0.6) is 0 Å². The third kappa shape index (κ3) is 4.53. The van der Waals surface area contributed by atoms with E-state index in [0.717, 1.165) is 12.2 Å². The second-order valence-electron chi connectivity index (χ2n) is 5.44. The number of hydrogen-bond donors (Lipinski definition) is 1. The van der Waals surface area contributed by atoms with E-state index in [4.69, 9.17) is 0 Å². The lowest BCUT2D eigenvalue weighted by Crippen LogP contribution is -2.44. The molecule has 110 valence electrons. The van der Waals surface area contributed by atoms with E-state index in [0.29, 0.717) is 25.9 Å². The molecule has 1 aromatic rings. The summed E-state index contributed by atoms with van der Waals surface area (Å²) in [5.41, 5.74) is 0. The van der Waals surface area contributed by atoms with E-state index in [1.165, 1.54) is 4.90 Å². The standard InChI is InChI=1S/C16H23NO2S/c1-13-12-17(10-9-15(13)18)16(19)8-5-11-20-14-6-3-2-4-7-14/h2-4,6-7,13,15,18H,5,8-12H2,1H3. The van der Waals surface area contributed by atoms with Gasteiger partial charge in [0.05, 0.1) is 6.10 Å². The van der Waals surface area contributed by atoms with Crippen molar-refractivity contribution in [3.8, 4) is 0 Å². The van der Waals surface area contributed by atoms with Gasteiger partial charge in [-0.3, -0.25) is 4.79 Å². The van der Waals surface area contributed by atoms with E-state index >= 15 is 0 Å². The van der Waals surface area contributed by atoms with Gasteiger partial charge in [-0.25, -0.2) is 0 Å². The Kier molecular flexibility index (Phi) is 5.92. The Hall–Kier alpha value is -1.00. The van der Waals surface area contributed by atoms with Gasteiger partial charge < -0.3 is 10.0 Å². The van der Waals surface area contributed by atoms with Gasteiger partial charge >= 0.3 is 0 Å². The molecule has 1 aliphatic heterocycles. The zero-order chi connectivity index (χ0) is 14.4. The number of piperidine rings is 1. The van der Waals surface area contributed by atoms with Gasteiger partial charge in [-0.05, 0) is 36.6 Å². The normalized spacial score (nSPS) is 22.8. The van der Waals surface area contributed by atoms with Gasteiger partial charge in [0, 0.05) is 24.4 Å². The van der Waals surface area contributed by atoms with Crippen molar-refractivity contribution < 1.29 is 9.90 Å². The van der Waals surface area contributed by atoms with Gasteiger partial charge in [0.25, 0.3) is 0 Å². The van der Waals surface area contributed by atoms with Crippen LogP contribution in [0.2, 0.25) is 0 Å². The van der Waals surface area contributed by atoms with E-state index in [-0.39, 0.29) is 17.9 Å². The molecule has 0 bridgehead atoms. The first-order valence-electron chi connectivity index (χ1n) is 7.30. The Labute approximate surface area is 125 Å². The van der Waals surface area contributed by atoms with Crippen molar-refractivity contribution >= 4 is 17.7 Å². The molecule has 2 unspecified atom stereocenters. The Morgan fingerprint density at radius 1 is 1.40 bits per heavy atom. The molecule has 1 N–H and O–H groups in total. The number of carbonyl (C=O) groups is 1. The van der Waals surface area contributed by atoms with Crippen LogP contribution >= 0.6 is 11.8 Å². The largest absolute Gasteiger partial charge is 0.393 e. The van der Waals surface area contributed by atoms with Gasteiger partial charge in [0.2, 0.25) is 5.91 Å². The van der Waals surface area contributed by atoms with Crippen molar-refractivity contribution in [2.75, 3.05) is 18.8 Å². The number of rotatable bonds is 5. The molecule has 2 rings (SSSR count).